The van der Waals surface area contributed by atoms with Gasteiger partial charge >= 0.3 is 11.8 Å². The van der Waals surface area contributed by atoms with Crippen molar-refractivity contribution in [3.05, 3.63) is 47.5 Å². The molecule has 0 aliphatic heterocycles. The van der Waals surface area contributed by atoms with Crippen LogP contribution in [0.5, 0.6) is 11.5 Å². The van der Waals surface area contributed by atoms with Crippen LogP contribution < -0.4 is 20.1 Å². The first kappa shape index (κ1) is 17.3. The maximum Gasteiger partial charge on any atom is 0.314 e. The van der Waals surface area contributed by atoms with Crippen LogP contribution in [0, 0.1) is 13.8 Å². The summed E-state index contributed by atoms with van der Waals surface area (Å²) < 4.78 is 10.3. The van der Waals surface area contributed by atoms with Crippen LogP contribution in [-0.4, -0.2) is 26.0 Å². The van der Waals surface area contributed by atoms with Crippen molar-refractivity contribution in [1.82, 2.24) is 0 Å². The molecule has 2 aromatic rings. The van der Waals surface area contributed by atoms with Crippen molar-refractivity contribution in [1.29, 1.82) is 0 Å². The van der Waals surface area contributed by atoms with Crippen molar-refractivity contribution >= 4 is 23.2 Å². The number of benzene rings is 2. The second-order valence-electron chi connectivity index (χ2n) is 5.29. The normalized spacial score (nSPS) is 10.0. The summed E-state index contributed by atoms with van der Waals surface area (Å²) in [6.45, 7) is 3.83. The van der Waals surface area contributed by atoms with Gasteiger partial charge in [-0.05, 0) is 37.6 Å². The van der Waals surface area contributed by atoms with Crippen LogP contribution in [0.3, 0.4) is 0 Å². The topological polar surface area (TPSA) is 76.7 Å². The summed E-state index contributed by atoms with van der Waals surface area (Å²) in [6, 6.07) is 10.5. The number of aryl methyl sites for hydroxylation is 2. The van der Waals surface area contributed by atoms with Crippen LogP contribution in [0.2, 0.25) is 0 Å². The lowest BCUT2D eigenvalue weighted by molar-refractivity contribution is -0.133. The highest BCUT2D eigenvalue weighted by molar-refractivity contribution is 6.43. The predicted octanol–water partition coefficient (Wildman–Crippen LogP) is 2.90. The van der Waals surface area contributed by atoms with Gasteiger partial charge < -0.3 is 20.1 Å². The summed E-state index contributed by atoms with van der Waals surface area (Å²) >= 11 is 0. The fraction of sp³-hybridized carbons (Fsp3) is 0.222. The Balaban J connectivity index is 2.10. The highest BCUT2D eigenvalue weighted by atomic mass is 16.5. The Morgan fingerprint density at radius 1 is 0.833 bits per heavy atom. The van der Waals surface area contributed by atoms with Gasteiger partial charge in [-0.3, -0.25) is 9.59 Å². The fourth-order valence-electron chi connectivity index (χ4n) is 2.21. The molecule has 2 aromatic carbocycles. The van der Waals surface area contributed by atoms with Gasteiger partial charge in [-0.1, -0.05) is 17.7 Å². The smallest absolute Gasteiger partial charge is 0.314 e. The Kier molecular flexibility index (Phi) is 5.42. The SMILES string of the molecule is COc1ccc(NC(=O)C(=O)Nc2ccc(C)cc2C)c(OC)c1. The van der Waals surface area contributed by atoms with Crippen molar-refractivity contribution in [2.45, 2.75) is 13.8 Å². The molecule has 0 atom stereocenters. The van der Waals surface area contributed by atoms with E-state index in [9.17, 15) is 9.59 Å². The van der Waals surface area contributed by atoms with E-state index >= 15 is 0 Å². The van der Waals surface area contributed by atoms with Gasteiger partial charge in [-0.15, -0.1) is 0 Å². The van der Waals surface area contributed by atoms with E-state index in [1.54, 1.807) is 24.3 Å². The van der Waals surface area contributed by atoms with E-state index in [1.807, 2.05) is 26.0 Å². The van der Waals surface area contributed by atoms with Gasteiger partial charge in [0.1, 0.15) is 11.5 Å². The highest BCUT2D eigenvalue weighted by Gasteiger charge is 2.17. The number of ether oxygens (including phenoxy) is 2. The molecule has 0 aliphatic rings. The summed E-state index contributed by atoms with van der Waals surface area (Å²) in [5.74, 6) is -0.537. The number of hydrogen-bond acceptors (Lipinski definition) is 4. The van der Waals surface area contributed by atoms with E-state index in [4.69, 9.17) is 9.47 Å². The lowest BCUT2D eigenvalue weighted by atomic mass is 10.1. The van der Waals surface area contributed by atoms with Gasteiger partial charge in [-0.2, -0.15) is 0 Å². The van der Waals surface area contributed by atoms with Crippen molar-refractivity contribution in [3.63, 3.8) is 0 Å². The van der Waals surface area contributed by atoms with E-state index < -0.39 is 11.8 Å². The Bertz CT molecular complexity index is 772. The summed E-state index contributed by atoms with van der Waals surface area (Å²) in [4.78, 5) is 24.2. The van der Waals surface area contributed by atoms with Crippen molar-refractivity contribution in [3.8, 4) is 11.5 Å². The number of nitrogens with one attached hydrogen (secondary N) is 2. The Labute approximate surface area is 140 Å². The van der Waals surface area contributed by atoms with E-state index in [0.29, 0.717) is 22.9 Å². The van der Waals surface area contributed by atoms with Crippen LogP contribution in [0.15, 0.2) is 36.4 Å². The average Bonchev–Trinajstić information content (AvgIpc) is 2.57. The molecule has 0 unspecified atom stereocenters. The quantitative estimate of drug-likeness (QED) is 0.846. The Hall–Kier alpha value is -3.02. The molecule has 0 aromatic heterocycles. The van der Waals surface area contributed by atoms with E-state index in [2.05, 4.69) is 10.6 Å². The molecular weight excluding hydrogens is 308 g/mol. The van der Waals surface area contributed by atoms with Crippen LogP contribution in [-0.2, 0) is 9.59 Å². The zero-order valence-corrected chi connectivity index (χ0v) is 14.1. The van der Waals surface area contributed by atoms with Gasteiger partial charge in [0.15, 0.2) is 0 Å². The maximum absolute atomic E-state index is 12.1. The van der Waals surface area contributed by atoms with E-state index in [1.165, 1.54) is 14.2 Å². The molecule has 0 heterocycles. The third-order valence-corrected chi connectivity index (χ3v) is 3.49. The Morgan fingerprint density at radius 2 is 1.46 bits per heavy atom. The third kappa shape index (κ3) is 4.04. The minimum Gasteiger partial charge on any atom is -0.497 e. The molecule has 2 N–H and O–H groups in total. The largest absolute Gasteiger partial charge is 0.497 e. The molecule has 6 nitrogen and oxygen atoms in total. The molecule has 2 amide bonds. The van der Waals surface area contributed by atoms with Gasteiger partial charge in [-0.25, -0.2) is 0 Å². The molecule has 6 heteroatoms. The van der Waals surface area contributed by atoms with Crippen LogP contribution in [0.1, 0.15) is 11.1 Å². The minimum atomic E-state index is -0.779. The van der Waals surface area contributed by atoms with Gasteiger partial charge in [0, 0.05) is 11.8 Å². The van der Waals surface area contributed by atoms with Crippen LogP contribution in [0.25, 0.3) is 0 Å². The number of amides is 2. The molecule has 0 bridgehead atoms. The van der Waals surface area contributed by atoms with Crippen molar-refractivity contribution in [2.75, 3.05) is 24.9 Å². The predicted molar refractivity (Wildman–Crippen MR) is 92.7 cm³/mol. The molecule has 0 saturated heterocycles. The minimum absolute atomic E-state index is 0.388. The number of hydrogen-bond donors (Lipinski definition) is 2. The van der Waals surface area contributed by atoms with Crippen molar-refractivity contribution < 1.29 is 19.1 Å². The summed E-state index contributed by atoms with van der Waals surface area (Å²) in [5.41, 5.74) is 2.96. The number of anilines is 2. The molecule has 126 valence electrons. The first-order valence-electron chi connectivity index (χ1n) is 7.36. The summed E-state index contributed by atoms with van der Waals surface area (Å²) in [7, 11) is 3.00. The van der Waals surface area contributed by atoms with E-state index in [-0.39, 0.29) is 0 Å². The zero-order valence-electron chi connectivity index (χ0n) is 14.1. The van der Waals surface area contributed by atoms with Crippen molar-refractivity contribution in [2.24, 2.45) is 0 Å². The first-order chi connectivity index (χ1) is 11.4. The van der Waals surface area contributed by atoms with Gasteiger partial charge in [0.2, 0.25) is 0 Å². The lowest BCUT2D eigenvalue weighted by Gasteiger charge is -2.12. The molecule has 24 heavy (non-hydrogen) atoms. The average molecular weight is 328 g/mol. The van der Waals surface area contributed by atoms with Gasteiger partial charge in [0.05, 0.1) is 19.9 Å². The molecule has 0 fully saturated rings. The first-order valence-corrected chi connectivity index (χ1v) is 7.36. The molecule has 0 aliphatic carbocycles. The molecular formula is C18H20N2O4. The second-order valence-corrected chi connectivity index (χ2v) is 5.29. The standard InChI is InChI=1S/C18H20N2O4/c1-11-5-7-14(12(2)9-11)19-17(21)18(22)20-15-8-6-13(23-3)10-16(15)24-4/h5-10H,1-4H3,(H,19,21)(H,20,22). The number of methoxy groups -OCH3 is 2. The number of rotatable bonds is 4. The lowest BCUT2D eigenvalue weighted by Crippen LogP contribution is -2.29. The number of carbonyl (C=O) groups excluding carboxylic acids is 2. The van der Waals surface area contributed by atoms with Crippen LogP contribution in [0.4, 0.5) is 11.4 Å². The molecule has 0 spiro atoms. The fourth-order valence-corrected chi connectivity index (χ4v) is 2.21. The molecule has 0 radical (unpaired) electrons. The monoisotopic (exact) mass is 328 g/mol. The van der Waals surface area contributed by atoms with Crippen LogP contribution >= 0.6 is 0 Å². The summed E-state index contributed by atoms with van der Waals surface area (Å²) in [5, 5.41) is 5.13. The number of carbonyl (C=O) groups is 2. The zero-order chi connectivity index (χ0) is 17.7. The van der Waals surface area contributed by atoms with Gasteiger partial charge in [0.25, 0.3) is 0 Å². The maximum atomic E-state index is 12.1. The Morgan fingerprint density at radius 3 is 2.04 bits per heavy atom. The third-order valence-electron chi connectivity index (χ3n) is 3.49. The molecule has 2 rings (SSSR count). The summed E-state index contributed by atoms with van der Waals surface area (Å²) in [6.07, 6.45) is 0. The van der Waals surface area contributed by atoms with E-state index in [0.717, 1.165) is 11.1 Å². The molecule has 0 saturated carbocycles. The second kappa shape index (κ2) is 7.50. The highest BCUT2D eigenvalue weighted by Crippen LogP contribution is 2.29.